The number of nitrogens with zero attached hydrogens (tertiary/aromatic N) is 1. The number of morpholine rings is 1. The smallest absolute Gasteiger partial charge is 0.0642 e. The van der Waals surface area contributed by atoms with Gasteiger partial charge in [-0.05, 0) is 24.2 Å². The van der Waals surface area contributed by atoms with Crippen LogP contribution in [0.5, 0.6) is 0 Å². The van der Waals surface area contributed by atoms with Crippen LogP contribution in [0.4, 0.5) is 5.69 Å². The number of anilines is 1. The second-order valence-electron chi connectivity index (χ2n) is 4.05. The van der Waals surface area contributed by atoms with Gasteiger partial charge in [0.15, 0.2) is 0 Å². The minimum atomic E-state index is 0.845. The molecule has 2 rings (SSSR count). The summed E-state index contributed by atoms with van der Waals surface area (Å²) in [7, 11) is 0. The maximum Gasteiger partial charge on any atom is 0.0642 e. The van der Waals surface area contributed by atoms with Crippen molar-refractivity contribution in [3.05, 3.63) is 29.8 Å². The van der Waals surface area contributed by atoms with E-state index in [0.29, 0.717) is 0 Å². The Balaban J connectivity index is 2.02. The zero-order valence-electron chi connectivity index (χ0n) is 9.91. The summed E-state index contributed by atoms with van der Waals surface area (Å²) in [5, 5.41) is 3.35. The molecule has 1 fully saturated rings. The number of hydrogen-bond donors (Lipinski definition) is 1. The van der Waals surface area contributed by atoms with Crippen molar-refractivity contribution in [1.82, 2.24) is 5.32 Å². The van der Waals surface area contributed by atoms with E-state index in [2.05, 4.69) is 41.4 Å². The highest BCUT2D eigenvalue weighted by Gasteiger charge is 2.10. The summed E-state index contributed by atoms with van der Waals surface area (Å²) in [6, 6.07) is 8.76. The number of hydrogen-bond acceptors (Lipinski definition) is 3. The average Bonchev–Trinajstić information content (AvgIpc) is 2.38. The van der Waals surface area contributed by atoms with E-state index in [-0.39, 0.29) is 0 Å². The Bertz CT molecular complexity index is 321. The Kier molecular flexibility index (Phi) is 4.19. The number of nitrogens with one attached hydrogen (secondary N) is 1. The summed E-state index contributed by atoms with van der Waals surface area (Å²) in [4.78, 5) is 2.39. The standard InChI is InChI=1S/C13H20N2O/c1-2-14-11-12-4-3-5-13(10-12)15-6-8-16-9-7-15/h3-5,10,14H,2,6-9,11H2,1H3. The van der Waals surface area contributed by atoms with Gasteiger partial charge >= 0.3 is 0 Å². The first-order valence-electron chi connectivity index (χ1n) is 6.02. The Morgan fingerprint density at radius 3 is 2.88 bits per heavy atom. The van der Waals surface area contributed by atoms with Gasteiger partial charge in [-0.2, -0.15) is 0 Å². The van der Waals surface area contributed by atoms with E-state index < -0.39 is 0 Å². The van der Waals surface area contributed by atoms with Crippen LogP contribution in [0.25, 0.3) is 0 Å². The van der Waals surface area contributed by atoms with Crippen LogP contribution < -0.4 is 10.2 Å². The molecule has 0 amide bonds. The molecule has 0 bridgehead atoms. The maximum atomic E-state index is 5.36. The van der Waals surface area contributed by atoms with E-state index in [4.69, 9.17) is 4.74 Å². The first-order chi connectivity index (χ1) is 7.90. The van der Waals surface area contributed by atoms with E-state index in [1.54, 1.807) is 0 Å². The molecular formula is C13H20N2O. The van der Waals surface area contributed by atoms with Crippen LogP contribution in [0, 0.1) is 0 Å². The summed E-state index contributed by atoms with van der Waals surface area (Å²) < 4.78 is 5.36. The van der Waals surface area contributed by atoms with Gasteiger partial charge in [0.25, 0.3) is 0 Å². The van der Waals surface area contributed by atoms with Crippen molar-refractivity contribution in [3.63, 3.8) is 0 Å². The highest BCUT2D eigenvalue weighted by Crippen LogP contribution is 2.17. The van der Waals surface area contributed by atoms with E-state index >= 15 is 0 Å². The van der Waals surface area contributed by atoms with E-state index in [1.807, 2.05) is 0 Å². The first kappa shape index (κ1) is 11.4. The van der Waals surface area contributed by atoms with Gasteiger partial charge in [-0.3, -0.25) is 0 Å². The molecule has 0 unspecified atom stereocenters. The van der Waals surface area contributed by atoms with Crippen molar-refractivity contribution in [2.45, 2.75) is 13.5 Å². The van der Waals surface area contributed by atoms with Crippen LogP contribution in [0.2, 0.25) is 0 Å². The van der Waals surface area contributed by atoms with Crippen LogP contribution >= 0.6 is 0 Å². The van der Waals surface area contributed by atoms with Gasteiger partial charge in [0.2, 0.25) is 0 Å². The van der Waals surface area contributed by atoms with Crippen molar-refractivity contribution in [2.75, 3.05) is 37.7 Å². The second-order valence-corrected chi connectivity index (χ2v) is 4.05. The Labute approximate surface area is 97.4 Å². The SMILES string of the molecule is CCNCc1cccc(N2CCOCC2)c1. The summed E-state index contributed by atoms with van der Waals surface area (Å²) in [5.74, 6) is 0. The number of ether oxygens (including phenoxy) is 1. The fourth-order valence-corrected chi connectivity index (χ4v) is 1.95. The molecule has 1 saturated heterocycles. The molecule has 0 radical (unpaired) electrons. The molecule has 3 nitrogen and oxygen atoms in total. The zero-order chi connectivity index (χ0) is 11.2. The highest BCUT2D eigenvalue weighted by atomic mass is 16.5. The first-order valence-corrected chi connectivity index (χ1v) is 6.02. The quantitative estimate of drug-likeness (QED) is 0.834. The topological polar surface area (TPSA) is 24.5 Å². The summed E-state index contributed by atoms with van der Waals surface area (Å²) in [5.41, 5.74) is 2.67. The van der Waals surface area contributed by atoms with Crippen LogP contribution in [-0.2, 0) is 11.3 Å². The molecule has 1 aromatic rings. The predicted octanol–water partition coefficient (Wildman–Crippen LogP) is 1.63. The molecule has 0 aromatic heterocycles. The largest absolute Gasteiger partial charge is 0.378 e. The van der Waals surface area contributed by atoms with Crippen molar-refractivity contribution in [1.29, 1.82) is 0 Å². The molecule has 1 heterocycles. The zero-order valence-corrected chi connectivity index (χ0v) is 9.91. The highest BCUT2D eigenvalue weighted by molar-refractivity contribution is 5.48. The van der Waals surface area contributed by atoms with Crippen molar-refractivity contribution in [3.8, 4) is 0 Å². The number of benzene rings is 1. The maximum absolute atomic E-state index is 5.36. The summed E-state index contributed by atoms with van der Waals surface area (Å²) in [6.45, 7) is 7.80. The van der Waals surface area contributed by atoms with Gasteiger partial charge in [-0.25, -0.2) is 0 Å². The molecule has 0 aliphatic carbocycles. The average molecular weight is 220 g/mol. The lowest BCUT2D eigenvalue weighted by Crippen LogP contribution is -2.36. The van der Waals surface area contributed by atoms with E-state index in [9.17, 15) is 0 Å². The van der Waals surface area contributed by atoms with Gasteiger partial charge < -0.3 is 15.0 Å². The van der Waals surface area contributed by atoms with Gasteiger partial charge in [0.05, 0.1) is 13.2 Å². The van der Waals surface area contributed by atoms with Gasteiger partial charge in [-0.15, -0.1) is 0 Å². The Morgan fingerprint density at radius 1 is 1.31 bits per heavy atom. The Hall–Kier alpha value is -1.06. The second kappa shape index (κ2) is 5.87. The summed E-state index contributed by atoms with van der Waals surface area (Å²) >= 11 is 0. The molecule has 0 atom stereocenters. The third-order valence-electron chi connectivity index (χ3n) is 2.87. The van der Waals surface area contributed by atoms with E-state index in [1.165, 1.54) is 11.3 Å². The Morgan fingerprint density at radius 2 is 2.12 bits per heavy atom. The molecule has 1 aliphatic rings. The van der Waals surface area contributed by atoms with Crippen LogP contribution in [0.15, 0.2) is 24.3 Å². The molecule has 1 aromatic carbocycles. The molecule has 3 heteroatoms. The van der Waals surface area contributed by atoms with Crippen molar-refractivity contribution < 1.29 is 4.74 Å². The van der Waals surface area contributed by atoms with E-state index in [0.717, 1.165) is 39.4 Å². The fourth-order valence-electron chi connectivity index (χ4n) is 1.95. The monoisotopic (exact) mass is 220 g/mol. The third kappa shape index (κ3) is 2.97. The lowest BCUT2D eigenvalue weighted by molar-refractivity contribution is 0.122. The fraction of sp³-hybridized carbons (Fsp3) is 0.538. The predicted molar refractivity (Wildman–Crippen MR) is 66.9 cm³/mol. The lowest BCUT2D eigenvalue weighted by atomic mass is 10.2. The molecule has 16 heavy (non-hydrogen) atoms. The molecule has 88 valence electrons. The molecule has 1 N–H and O–H groups in total. The number of rotatable bonds is 4. The van der Waals surface area contributed by atoms with Crippen LogP contribution in [-0.4, -0.2) is 32.8 Å². The molecule has 1 aliphatic heterocycles. The third-order valence-corrected chi connectivity index (χ3v) is 2.87. The van der Waals surface area contributed by atoms with Gasteiger partial charge in [0.1, 0.15) is 0 Å². The summed E-state index contributed by atoms with van der Waals surface area (Å²) in [6.07, 6.45) is 0. The van der Waals surface area contributed by atoms with Crippen LogP contribution in [0.1, 0.15) is 12.5 Å². The van der Waals surface area contributed by atoms with Crippen molar-refractivity contribution in [2.24, 2.45) is 0 Å². The molecular weight excluding hydrogens is 200 g/mol. The normalized spacial score (nSPS) is 16.4. The molecule has 0 saturated carbocycles. The molecule has 0 spiro atoms. The minimum Gasteiger partial charge on any atom is -0.378 e. The van der Waals surface area contributed by atoms with Gasteiger partial charge in [0, 0.05) is 25.3 Å². The van der Waals surface area contributed by atoms with Gasteiger partial charge in [-0.1, -0.05) is 19.1 Å². The van der Waals surface area contributed by atoms with Crippen LogP contribution in [0.3, 0.4) is 0 Å². The van der Waals surface area contributed by atoms with Crippen molar-refractivity contribution >= 4 is 5.69 Å². The lowest BCUT2D eigenvalue weighted by Gasteiger charge is -2.29. The minimum absolute atomic E-state index is 0.845.